The zero-order valence-electron chi connectivity index (χ0n) is 16.2. The number of para-hydroxylation sites is 1. The van der Waals surface area contributed by atoms with Crippen LogP contribution >= 0.6 is 0 Å². The number of nitrogens with one attached hydrogen (secondary N) is 3. The van der Waals surface area contributed by atoms with E-state index in [1.165, 1.54) is 0 Å². The molecule has 0 heterocycles. The number of benzene rings is 2. The van der Waals surface area contributed by atoms with E-state index in [2.05, 4.69) is 20.9 Å². The predicted molar refractivity (Wildman–Crippen MR) is 106 cm³/mol. The fourth-order valence-corrected chi connectivity index (χ4v) is 2.53. The van der Waals surface area contributed by atoms with Crippen molar-refractivity contribution in [3.63, 3.8) is 0 Å². The highest BCUT2D eigenvalue weighted by Gasteiger charge is 2.15. The van der Waals surface area contributed by atoms with Gasteiger partial charge in [0.05, 0.1) is 12.8 Å². The molecule has 0 unspecified atom stereocenters. The molecule has 0 fully saturated rings. The lowest BCUT2D eigenvalue weighted by molar-refractivity contribution is -0.114. The maximum absolute atomic E-state index is 13.6. The highest BCUT2D eigenvalue weighted by atomic mass is 19.2. The summed E-state index contributed by atoms with van der Waals surface area (Å²) < 4.78 is 45.1. The first-order valence-corrected chi connectivity index (χ1v) is 9.03. The number of guanidine groups is 1. The van der Waals surface area contributed by atoms with Gasteiger partial charge >= 0.3 is 0 Å². The zero-order chi connectivity index (χ0) is 21.2. The summed E-state index contributed by atoms with van der Waals surface area (Å²) in [6.45, 7) is 2.64. The van der Waals surface area contributed by atoms with E-state index >= 15 is 0 Å². The molecule has 156 valence electrons. The molecule has 0 radical (unpaired) electrons. The van der Waals surface area contributed by atoms with E-state index in [4.69, 9.17) is 4.74 Å². The maximum atomic E-state index is 13.6. The number of carbonyl (C=O) groups excluding carboxylic acids is 1. The first-order valence-electron chi connectivity index (χ1n) is 9.03. The number of carbonyl (C=O) groups is 1. The molecule has 2 aromatic rings. The summed E-state index contributed by atoms with van der Waals surface area (Å²) >= 11 is 0. The number of ether oxygens (including phenoxy) is 1. The normalized spacial score (nSPS) is 11.1. The molecule has 0 bridgehead atoms. The smallest absolute Gasteiger partial charge is 0.246 e. The number of rotatable bonds is 8. The van der Waals surface area contributed by atoms with Gasteiger partial charge in [0.1, 0.15) is 12.3 Å². The molecule has 29 heavy (non-hydrogen) atoms. The predicted octanol–water partition coefficient (Wildman–Crippen LogP) is 2.85. The van der Waals surface area contributed by atoms with E-state index in [1.54, 1.807) is 7.11 Å². The summed E-state index contributed by atoms with van der Waals surface area (Å²) in [7, 11) is 1.60. The van der Waals surface area contributed by atoms with Crippen LogP contribution in [0.15, 0.2) is 41.4 Å². The van der Waals surface area contributed by atoms with E-state index in [0.29, 0.717) is 25.5 Å². The number of hydrogen-bond donors (Lipinski definition) is 3. The summed E-state index contributed by atoms with van der Waals surface area (Å²) in [5.74, 6) is -3.92. The molecule has 2 rings (SSSR count). The molecule has 9 heteroatoms. The molecule has 0 saturated carbocycles. The van der Waals surface area contributed by atoms with Crippen molar-refractivity contribution < 1.29 is 22.7 Å². The molecular weight excluding hydrogens is 385 g/mol. The van der Waals surface area contributed by atoms with Crippen LogP contribution in [0.2, 0.25) is 0 Å². The quantitative estimate of drug-likeness (QED) is 0.357. The van der Waals surface area contributed by atoms with Gasteiger partial charge in [-0.25, -0.2) is 18.2 Å². The molecule has 0 aromatic heterocycles. The number of methoxy groups -OCH3 is 1. The number of aliphatic imine (C=N–C) groups is 1. The fraction of sp³-hybridized carbons (Fsp3) is 0.300. The first kappa shape index (κ1) is 22.1. The van der Waals surface area contributed by atoms with Gasteiger partial charge in [0.15, 0.2) is 23.4 Å². The minimum Gasteiger partial charge on any atom is -0.496 e. The minimum absolute atomic E-state index is 0.331. The Morgan fingerprint density at radius 1 is 1.07 bits per heavy atom. The van der Waals surface area contributed by atoms with Gasteiger partial charge in [-0.05, 0) is 37.1 Å². The van der Waals surface area contributed by atoms with Gasteiger partial charge in [-0.3, -0.25) is 4.79 Å². The average Bonchev–Trinajstić information content (AvgIpc) is 2.72. The van der Waals surface area contributed by atoms with Crippen molar-refractivity contribution in [2.45, 2.75) is 13.3 Å². The second kappa shape index (κ2) is 10.9. The van der Waals surface area contributed by atoms with E-state index in [1.807, 2.05) is 31.2 Å². The van der Waals surface area contributed by atoms with Crippen molar-refractivity contribution in [2.24, 2.45) is 4.99 Å². The Balaban J connectivity index is 1.92. The Morgan fingerprint density at radius 3 is 2.55 bits per heavy atom. The van der Waals surface area contributed by atoms with E-state index in [-0.39, 0.29) is 6.54 Å². The van der Waals surface area contributed by atoms with Gasteiger partial charge in [0, 0.05) is 13.1 Å². The lowest BCUT2D eigenvalue weighted by atomic mass is 10.1. The zero-order valence-corrected chi connectivity index (χ0v) is 16.2. The number of halogens is 3. The van der Waals surface area contributed by atoms with Crippen molar-refractivity contribution in [3.8, 4) is 5.75 Å². The SMILES string of the molecule is CCNC(=NCC(=O)Nc1ccc(F)c(F)c1F)NCCc1ccccc1OC. The van der Waals surface area contributed by atoms with Gasteiger partial charge in [0.2, 0.25) is 5.91 Å². The molecule has 1 amide bonds. The van der Waals surface area contributed by atoms with Crippen molar-refractivity contribution in [1.29, 1.82) is 0 Å². The third kappa shape index (κ3) is 6.41. The summed E-state index contributed by atoms with van der Waals surface area (Å²) in [5, 5.41) is 8.25. The van der Waals surface area contributed by atoms with Crippen LogP contribution in [0, 0.1) is 17.5 Å². The Hall–Kier alpha value is -3.23. The van der Waals surface area contributed by atoms with Crippen LogP contribution in [0.4, 0.5) is 18.9 Å². The number of nitrogens with zero attached hydrogens (tertiary/aromatic N) is 1. The van der Waals surface area contributed by atoms with Gasteiger partial charge < -0.3 is 20.7 Å². The standard InChI is InChI=1S/C20H23F3N4O2/c1-3-24-20(25-11-10-13-6-4-5-7-16(13)29-2)26-12-17(28)27-15-9-8-14(21)18(22)19(15)23/h4-9H,3,10-12H2,1-2H3,(H,27,28)(H2,24,25,26). The van der Waals surface area contributed by atoms with Crippen molar-refractivity contribution >= 4 is 17.6 Å². The lowest BCUT2D eigenvalue weighted by Crippen LogP contribution is -2.39. The molecular formula is C20H23F3N4O2. The Morgan fingerprint density at radius 2 is 1.83 bits per heavy atom. The van der Waals surface area contributed by atoms with E-state index in [0.717, 1.165) is 23.4 Å². The van der Waals surface area contributed by atoms with Crippen LogP contribution in [0.25, 0.3) is 0 Å². The molecule has 0 aliphatic heterocycles. The van der Waals surface area contributed by atoms with Gasteiger partial charge in [0.25, 0.3) is 0 Å². The topological polar surface area (TPSA) is 74.8 Å². The summed E-state index contributed by atoms with van der Waals surface area (Å²) in [5.41, 5.74) is 0.572. The molecule has 0 spiro atoms. The van der Waals surface area contributed by atoms with Crippen LogP contribution in [0.3, 0.4) is 0 Å². The molecule has 0 atom stereocenters. The molecule has 6 nitrogen and oxygen atoms in total. The molecule has 3 N–H and O–H groups in total. The highest BCUT2D eigenvalue weighted by Crippen LogP contribution is 2.19. The van der Waals surface area contributed by atoms with Crippen LogP contribution in [0.1, 0.15) is 12.5 Å². The summed E-state index contributed by atoms with van der Waals surface area (Å²) in [4.78, 5) is 16.1. The van der Waals surface area contributed by atoms with Crippen molar-refractivity contribution in [1.82, 2.24) is 10.6 Å². The molecule has 0 aliphatic rings. The molecule has 0 saturated heterocycles. The Labute approximate surface area is 167 Å². The summed E-state index contributed by atoms with van der Waals surface area (Å²) in [6, 6.07) is 9.31. The second-order valence-corrected chi connectivity index (χ2v) is 5.95. The van der Waals surface area contributed by atoms with E-state index in [9.17, 15) is 18.0 Å². The van der Waals surface area contributed by atoms with Gasteiger partial charge in [-0.1, -0.05) is 18.2 Å². The largest absolute Gasteiger partial charge is 0.496 e. The number of hydrogen-bond acceptors (Lipinski definition) is 3. The minimum atomic E-state index is -1.64. The van der Waals surface area contributed by atoms with E-state index < -0.39 is 29.0 Å². The summed E-state index contributed by atoms with van der Waals surface area (Å²) in [6.07, 6.45) is 0.667. The third-order valence-corrected chi connectivity index (χ3v) is 3.91. The molecule has 2 aromatic carbocycles. The van der Waals surface area contributed by atoms with Gasteiger partial charge in [-0.2, -0.15) is 0 Å². The second-order valence-electron chi connectivity index (χ2n) is 5.95. The molecule has 0 aliphatic carbocycles. The number of amides is 1. The Bertz CT molecular complexity index is 875. The van der Waals surface area contributed by atoms with Crippen molar-refractivity contribution in [3.05, 3.63) is 59.4 Å². The van der Waals surface area contributed by atoms with Crippen LogP contribution in [-0.4, -0.2) is 38.6 Å². The highest BCUT2D eigenvalue weighted by molar-refractivity contribution is 5.94. The Kier molecular flexibility index (Phi) is 8.32. The van der Waals surface area contributed by atoms with Gasteiger partial charge in [-0.15, -0.1) is 0 Å². The third-order valence-electron chi connectivity index (χ3n) is 3.91. The van der Waals surface area contributed by atoms with Crippen LogP contribution < -0.4 is 20.7 Å². The monoisotopic (exact) mass is 408 g/mol. The first-order chi connectivity index (χ1) is 14.0. The van der Waals surface area contributed by atoms with Crippen LogP contribution in [-0.2, 0) is 11.2 Å². The maximum Gasteiger partial charge on any atom is 0.246 e. The van der Waals surface area contributed by atoms with Crippen LogP contribution in [0.5, 0.6) is 5.75 Å². The van der Waals surface area contributed by atoms with Crippen molar-refractivity contribution in [2.75, 3.05) is 32.1 Å². The average molecular weight is 408 g/mol. The lowest BCUT2D eigenvalue weighted by Gasteiger charge is -2.13. The number of anilines is 1. The fourth-order valence-electron chi connectivity index (χ4n) is 2.53.